The number of carboxylic acid groups (broad SMARTS) is 1. The van der Waals surface area contributed by atoms with Crippen LogP contribution in [-0.4, -0.2) is 65.2 Å². The van der Waals surface area contributed by atoms with Gasteiger partial charge in [0.25, 0.3) is 28.1 Å². The Balaban J connectivity index is 0.000000109. The predicted octanol–water partition coefficient (Wildman–Crippen LogP) is 9.34. The lowest BCUT2D eigenvalue weighted by Gasteiger charge is -2.05. The van der Waals surface area contributed by atoms with E-state index in [1.807, 2.05) is 64.0 Å². The van der Waals surface area contributed by atoms with Crippen LogP contribution < -0.4 is 28.0 Å². The first kappa shape index (κ1) is 45.9. The summed E-state index contributed by atoms with van der Waals surface area (Å²) in [5.74, 6) is -1.38. The van der Waals surface area contributed by atoms with Crippen molar-refractivity contribution in [3.05, 3.63) is 183 Å². The van der Waals surface area contributed by atoms with Crippen LogP contribution in [-0.2, 0) is 4.74 Å². The third-order valence-electron chi connectivity index (χ3n) is 11.4. The Kier molecular flexibility index (Phi) is 12.2. The van der Waals surface area contributed by atoms with E-state index in [9.17, 15) is 33.6 Å². The van der Waals surface area contributed by atoms with E-state index in [2.05, 4.69) is 35.1 Å². The molecular formula is C50H32N8O9S4. The molecule has 21 heteroatoms. The van der Waals surface area contributed by atoms with E-state index in [1.54, 1.807) is 59.9 Å². The standard InChI is InChI=1S/C13H8N4OS.C13H9NO3S.C12H8N2O2S.C12H7NO3S/c18-13-9-4-5-19-11(9)7-2-1-3-8(10(7)16-13)12-14-6-15-17-12;1-17-13(16)8-4-2-3-7-10(8)14-12(15)9-5-6-18-11(7)9;13-11(15)7-3-1-2-6-9(7)14-12(16)8-4-5-17-10(6)8;14-11-8-4-5-17-10(8)6-2-1-3-7(12(15)16)9(6)13-11/h1-6H,(H,16,18)(H,14,15,17);2-6H,1H3,(H,14,15);1-5H,(H2,13,15)(H,14,16);1-5H,(H,13,14)(H,15,16). The second-order valence-corrected chi connectivity index (χ2v) is 19.0. The maximum Gasteiger partial charge on any atom is 0.339 e. The molecule has 0 radical (unpaired) electrons. The molecule has 17 nitrogen and oxygen atoms in total. The number of nitrogens with zero attached hydrogens (tertiary/aromatic N) is 2. The maximum absolute atomic E-state index is 12.1. The largest absolute Gasteiger partial charge is 0.478 e. The van der Waals surface area contributed by atoms with Crippen LogP contribution in [0.25, 0.3) is 95.3 Å². The number of ether oxygens (including phenoxy) is 1. The summed E-state index contributed by atoms with van der Waals surface area (Å²) < 4.78 is 8.32. The molecule has 0 atom stereocenters. The minimum Gasteiger partial charge on any atom is -0.478 e. The topological polar surface area (TPSA) is 280 Å². The molecule has 0 saturated heterocycles. The Morgan fingerprint density at radius 3 is 1.30 bits per heavy atom. The Morgan fingerprint density at radius 1 is 0.507 bits per heavy atom. The molecule has 350 valence electrons. The van der Waals surface area contributed by atoms with Crippen molar-refractivity contribution < 1.29 is 24.2 Å². The zero-order valence-electron chi connectivity index (χ0n) is 36.4. The number of fused-ring (bicyclic) bond motifs is 12. The molecule has 0 fully saturated rings. The number of aromatic nitrogens is 7. The molecule has 1 amide bonds. The number of hydrogen-bond acceptors (Lipinski definition) is 14. The summed E-state index contributed by atoms with van der Waals surface area (Å²) in [5.41, 5.74) is 8.51. The van der Waals surface area contributed by atoms with E-state index < -0.39 is 17.8 Å². The minimum atomic E-state index is -1.04. The average Bonchev–Trinajstić information content (AvgIpc) is 4.24. The van der Waals surface area contributed by atoms with Crippen molar-refractivity contribution in [1.82, 2.24) is 35.1 Å². The van der Waals surface area contributed by atoms with Crippen LogP contribution in [0.4, 0.5) is 0 Å². The number of pyridine rings is 4. The van der Waals surface area contributed by atoms with E-state index >= 15 is 0 Å². The Bertz CT molecular complexity index is 4360. The number of aromatic carboxylic acids is 1. The number of para-hydroxylation sites is 4. The second-order valence-electron chi connectivity index (χ2n) is 15.4. The van der Waals surface area contributed by atoms with Gasteiger partial charge in [0.1, 0.15) is 6.33 Å². The van der Waals surface area contributed by atoms with Crippen molar-refractivity contribution >= 4 is 147 Å². The lowest BCUT2D eigenvalue weighted by atomic mass is 10.1. The fourth-order valence-corrected chi connectivity index (χ4v) is 11.9. The number of hydrogen-bond donors (Lipinski definition) is 7. The van der Waals surface area contributed by atoms with Gasteiger partial charge in [-0.15, -0.1) is 45.3 Å². The van der Waals surface area contributed by atoms with Gasteiger partial charge in [0.15, 0.2) is 5.82 Å². The number of carbonyl (C=O) groups excluding carboxylic acids is 2. The van der Waals surface area contributed by atoms with E-state index in [1.165, 1.54) is 53.5 Å². The molecule has 8 N–H and O–H groups in total. The molecule has 0 aliphatic rings. The summed E-state index contributed by atoms with van der Waals surface area (Å²) in [6, 6.07) is 28.6. The first-order valence-corrected chi connectivity index (χ1v) is 24.5. The smallest absolute Gasteiger partial charge is 0.339 e. The highest BCUT2D eigenvalue weighted by atomic mass is 32.1. The molecular weight excluding hydrogens is 985 g/mol. The van der Waals surface area contributed by atoms with Gasteiger partial charge in [0.2, 0.25) is 0 Å². The highest BCUT2D eigenvalue weighted by Crippen LogP contribution is 2.32. The number of carboxylic acids is 1. The van der Waals surface area contributed by atoms with Crippen molar-refractivity contribution in [3.8, 4) is 11.4 Å². The van der Waals surface area contributed by atoms with E-state index in [0.717, 1.165) is 56.8 Å². The van der Waals surface area contributed by atoms with Crippen LogP contribution in [0.15, 0.2) is 144 Å². The van der Waals surface area contributed by atoms with Gasteiger partial charge in [-0.25, -0.2) is 14.6 Å². The molecule has 9 heterocycles. The number of rotatable bonds is 4. The maximum atomic E-state index is 12.1. The summed E-state index contributed by atoms with van der Waals surface area (Å²) in [6.45, 7) is 0. The van der Waals surface area contributed by atoms with Crippen LogP contribution in [0.2, 0.25) is 0 Å². The van der Waals surface area contributed by atoms with Crippen LogP contribution in [0.1, 0.15) is 31.1 Å². The highest BCUT2D eigenvalue weighted by Gasteiger charge is 2.17. The number of benzene rings is 4. The summed E-state index contributed by atoms with van der Waals surface area (Å²) in [5, 5.41) is 29.4. The number of esters is 1. The number of methoxy groups -OCH3 is 1. The van der Waals surface area contributed by atoms with Gasteiger partial charge in [0.05, 0.1) is 67.4 Å². The molecule has 71 heavy (non-hydrogen) atoms. The second kappa shape index (κ2) is 18.9. The molecule has 0 aliphatic heterocycles. The van der Waals surface area contributed by atoms with Crippen molar-refractivity contribution in [2.75, 3.05) is 7.11 Å². The average molecular weight is 1020 g/mol. The van der Waals surface area contributed by atoms with Gasteiger partial charge in [0, 0.05) is 45.9 Å². The third kappa shape index (κ3) is 8.33. The van der Waals surface area contributed by atoms with E-state index in [0.29, 0.717) is 49.7 Å². The molecule has 4 aromatic carbocycles. The summed E-state index contributed by atoms with van der Waals surface area (Å²) in [6.07, 6.45) is 1.45. The monoisotopic (exact) mass is 1020 g/mol. The zero-order valence-corrected chi connectivity index (χ0v) is 39.7. The molecule has 0 aliphatic carbocycles. The molecule has 13 aromatic rings. The van der Waals surface area contributed by atoms with Crippen molar-refractivity contribution in [2.24, 2.45) is 5.73 Å². The van der Waals surface area contributed by atoms with Crippen molar-refractivity contribution in [2.45, 2.75) is 0 Å². The van der Waals surface area contributed by atoms with E-state index in [4.69, 9.17) is 15.6 Å². The number of primary amides is 1. The number of thiophene rings is 4. The first-order chi connectivity index (χ1) is 34.4. The quantitative estimate of drug-likeness (QED) is 0.0816. The Hall–Kier alpha value is -8.89. The van der Waals surface area contributed by atoms with Gasteiger partial charge in [-0.2, -0.15) is 5.10 Å². The van der Waals surface area contributed by atoms with Crippen molar-refractivity contribution in [3.63, 3.8) is 0 Å². The third-order valence-corrected chi connectivity index (χ3v) is 15.2. The zero-order chi connectivity index (χ0) is 49.5. The lowest BCUT2D eigenvalue weighted by Crippen LogP contribution is -2.14. The Morgan fingerprint density at radius 2 is 0.887 bits per heavy atom. The van der Waals surface area contributed by atoms with E-state index in [-0.39, 0.29) is 27.8 Å². The van der Waals surface area contributed by atoms with Crippen LogP contribution in [0, 0.1) is 0 Å². The number of aromatic amines is 5. The summed E-state index contributed by atoms with van der Waals surface area (Å²) in [7, 11) is 1.32. The summed E-state index contributed by atoms with van der Waals surface area (Å²) >= 11 is 5.98. The molecule has 0 saturated carbocycles. The van der Waals surface area contributed by atoms with Crippen molar-refractivity contribution in [1.29, 1.82) is 0 Å². The fourth-order valence-electron chi connectivity index (χ4n) is 8.21. The number of H-pyrrole nitrogens is 5. The van der Waals surface area contributed by atoms with Crippen LogP contribution in [0.3, 0.4) is 0 Å². The van der Waals surface area contributed by atoms with Crippen LogP contribution in [0.5, 0.6) is 0 Å². The van der Waals surface area contributed by atoms with Gasteiger partial charge < -0.3 is 35.5 Å². The number of carbonyl (C=O) groups is 3. The van der Waals surface area contributed by atoms with Gasteiger partial charge in [-0.05, 0) is 70.1 Å². The highest BCUT2D eigenvalue weighted by molar-refractivity contribution is 7.19. The number of amides is 1. The number of nitrogens with two attached hydrogens (primary N) is 1. The van der Waals surface area contributed by atoms with Gasteiger partial charge in [-0.1, -0.05) is 48.5 Å². The SMILES string of the molecule is COC(=O)c1cccc2c1[nH]c(=O)c1ccsc12.NC(=O)c1cccc2c1[nH]c(=O)c1ccsc12.O=C(O)c1cccc2c1[nH]c(=O)c1ccsc12.O=c1[nH]c2c(-c3ncn[nH]3)cccc2c2sccc12. The van der Waals surface area contributed by atoms with Gasteiger partial charge >= 0.3 is 11.9 Å². The molecule has 0 spiro atoms. The predicted molar refractivity (Wildman–Crippen MR) is 282 cm³/mol. The minimum absolute atomic E-state index is 0.0734. The fraction of sp³-hybridized carbons (Fsp3) is 0.0200. The molecule has 0 unspecified atom stereocenters. The Labute approximate surface area is 411 Å². The molecule has 13 rings (SSSR count). The van der Waals surface area contributed by atoms with Crippen LogP contribution >= 0.6 is 45.3 Å². The summed E-state index contributed by atoms with van der Waals surface area (Å²) in [4.78, 5) is 96.9. The normalized spacial score (nSPS) is 11.1. The molecule has 0 bridgehead atoms. The van der Waals surface area contributed by atoms with Gasteiger partial charge in [-0.3, -0.25) is 29.1 Å². The lowest BCUT2D eigenvalue weighted by molar-refractivity contribution is 0.0601. The number of nitrogens with one attached hydrogen (secondary N) is 5. The molecule has 9 aromatic heterocycles. The first-order valence-electron chi connectivity index (χ1n) is 21.0.